The van der Waals surface area contributed by atoms with Crippen LogP contribution in [-0.2, 0) is 11.2 Å². The minimum absolute atomic E-state index is 0.0421. The van der Waals surface area contributed by atoms with Crippen LogP contribution in [0.2, 0.25) is 5.02 Å². The highest BCUT2D eigenvalue weighted by atomic mass is 35.5. The van der Waals surface area contributed by atoms with Crippen LogP contribution in [0.4, 0.5) is 0 Å². The topological polar surface area (TPSA) is 55.8 Å². The first kappa shape index (κ1) is 22.7. The Labute approximate surface area is 188 Å². The van der Waals surface area contributed by atoms with Gasteiger partial charge in [-0.1, -0.05) is 48.0 Å². The third-order valence-corrected chi connectivity index (χ3v) is 5.31. The average Bonchev–Trinajstić information content (AvgIpc) is 2.75. The van der Waals surface area contributed by atoms with E-state index in [-0.39, 0.29) is 12.5 Å². The summed E-state index contributed by atoms with van der Waals surface area (Å²) in [6.45, 7) is 4.51. The molecule has 0 aliphatic heterocycles. The third-order valence-electron chi connectivity index (χ3n) is 5.07. The number of hydrogen-bond acceptors (Lipinski definition) is 3. The normalized spacial score (nSPS) is 11.7. The van der Waals surface area contributed by atoms with E-state index in [1.54, 1.807) is 0 Å². The summed E-state index contributed by atoms with van der Waals surface area (Å²) in [6.07, 6.45) is 1.33. The second-order valence-electron chi connectivity index (χ2n) is 7.55. The highest BCUT2D eigenvalue weighted by molar-refractivity contribution is 6.31. The van der Waals surface area contributed by atoms with Crippen molar-refractivity contribution in [3.63, 3.8) is 0 Å². The van der Waals surface area contributed by atoms with Gasteiger partial charge in [0.15, 0.2) is 0 Å². The standard InChI is InChI=1S/C26H27ClO4/c1-18-16-23(11-8-20(18)9-13-26(28)29)30-15-14-19(2)31-25-12-10-22(27)17-24(25)21-6-4-3-5-7-21/h3-8,10-12,16-17,19H,9,13-15H2,1-2H3,(H,28,29)/t19-/m1/s1. The van der Waals surface area contributed by atoms with Crippen LogP contribution in [0.5, 0.6) is 11.5 Å². The molecule has 0 saturated heterocycles. The number of hydrogen-bond donors (Lipinski definition) is 1. The van der Waals surface area contributed by atoms with E-state index in [2.05, 4.69) is 0 Å². The number of aliphatic carboxylic acids is 1. The van der Waals surface area contributed by atoms with Gasteiger partial charge in [0.1, 0.15) is 11.5 Å². The predicted molar refractivity (Wildman–Crippen MR) is 124 cm³/mol. The first-order chi connectivity index (χ1) is 14.9. The second kappa shape index (κ2) is 10.9. The molecule has 1 N–H and O–H groups in total. The minimum Gasteiger partial charge on any atom is -0.493 e. The van der Waals surface area contributed by atoms with Crippen LogP contribution in [-0.4, -0.2) is 23.8 Å². The first-order valence-electron chi connectivity index (χ1n) is 10.4. The molecular weight excluding hydrogens is 412 g/mol. The van der Waals surface area contributed by atoms with Crippen molar-refractivity contribution in [2.24, 2.45) is 0 Å². The number of halogens is 1. The lowest BCUT2D eigenvalue weighted by Crippen LogP contribution is -2.16. The van der Waals surface area contributed by atoms with E-state index in [9.17, 15) is 4.79 Å². The Hall–Kier alpha value is -2.98. The maximum Gasteiger partial charge on any atom is 0.303 e. The van der Waals surface area contributed by atoms with Crippen LogP contribution >= 0.6 is 11.6 Å². The predicted octanol–water partition coefficient (Wildman–Crippen LogP) is 6.57. The van der Waals surface area contributed by atoms with Gasteiger partial charge in [-0.15, -0.1) is 0 Å². The molecule has 1 atom stereocenters. The van der Waals surface area contributed by atoms with Crippen LogP contribution < -0.4 is 9.47 Å². The van der Waals surface area contributed by atoms with Gasteiger partial charge >= 0.3 is 5.97 Å². The SMILES string of the molecule is Cc1cc(OCC[C@@H](C)Oc2ccc(Cl)cc2-c2ccccc2)ccc1CCC(=O)O. The van der Waals surface area contributed by atoms with Gasteiger partial charge in [0, 0.05) is 23.4 Å². The molecule has 0 saturated carbocycles. The maximum atomic E-state index is 10.8. The highest BCUT2D eigenvalue weighted by Gasteiger charge is 2.12. The van der Waals surface area contributed by atoms with Crippen molar-refractivity contribution in [3.8, 4) is 22.6 Å². The number of benzene rings is 3. The molecule has 3 aromatic rings. The molecule has 0 fully saturated rings. The van der Waals surface area contributed by atoms with Crippen LogP contribution in [0.25, 0.3) is 11.1 Å². The quantitative estimate of drug-likeness (QED) is 0.389. The maximum absolute atomic E-state index is 10.8. The van der Waals surface area contributed by atoms with Gasteiger partial charge in [-0.25, -0.2) is 0 Å². The molecule has 0 aliphatic rings. The Morgan fingerprint density at radius 3 is 2.55 bits per heavy atom. The molecule has 5 heteroatoms. The van der Waals surface area contributed by atoms with Gasteiger partial charge < -0.3 is 14.6 Å². The largest absolute Gasteiger partial charge is 0.493 e. The van der Waals surface area contributed by atoms with Crippen LogP contribution in [0.15, 0.2) is 66.7 Å². The first-order valence-corrected chi connectivity index (χ1v) is 10.8. The molecule has 0 aliphatic carbocycles. The van der Waals surface area contributed by atoms with Gasteiger partial charge in [-0.05, 0) is 67.3 Å². The molecule has 4 nitrogen and oxygen atoms in total. The smallest absolute Gasteiger partial charge is 0.303 e. The van der Waals surface area contributed by atoms with E-state index < -0.39 is 5.97 Å². The van der Waals surface area contributed by atoms with E-state index in [1.807, 2.05) is 80.6 Å². The van der Waals surface area contributed by atoms with Crippen molar-refractivity contribution >= 4 is 17.6 Å². The fourth-order valence-electron chi connectivity index (χ4n) is 3.35. The summed E-state index contributed by atoms with van der Waals surface area (Å²) in [5, 5.41) is 9.52. The van der Waals surface area contributed by atoms with Crippen molar-refractivity contribution in [1.82, 2.24) is 0 Å². The van der Waals surface area contributed by atoms with Crippen molar-refractivity contribution < 1.29 is 19.4 Å². The van der Waals surface area contributed by atoms with Crippen LogP contribution in [0, 0.1) is 6.92 Å². The Morgan fingerprint density at radius 1 is 1.06 bits per heavy atom. The zero-order valence-corrected chi connectivity index (χ0v) is 18.6. The molecule has 3 aromatic carbocycles. The van der Waals surface area contributed by atoms with Crippen molar-refractivity contribution in [2.45, 2.75) is 39.2 Å². The van der Waals surface area contributed by atoms with Gasteiger partial charge in [-0.2, -0.15) is 0 Å². The van der Waals surface area contributed by atoms with Crippen molar-refractivity contribution in [2.75, 3.05) is 6.61 Å². The average molecular weight is 439 g/mol. The highest BCUT2D eigenvalue weighted by Crippen LogP contribution is 2.33. The lowest BCUT2D eigenvalue weighted by Gasteiger charge is -2.18. The number of aryl methyl sites for hydroxylation is 2. The van der Waals surface area contributed by atoms with Crippen LogP contribution in [0.3, 0.4) is 0 Å². The van der Waals surface area contributed by atoms with E-state index in [4.69, 9.17) is 26.2 Å². The molecule has 162 valence electrons. The molecule has 0 amide bonds. The van der Waals surface area contributed by atoms with Gasteiger partial charge in [-0.3, -0.25) is 4.79 Å². The minimum atomic E-state index is -0.787. The molecule has 0 bridgehead atoms. The fraction of sp³-hybridized carbons (Fsp3) is 0.269. The lowest BCUT2D eigenvalue weighted by atomic mass is 10.0. The van der Waals surface area contributed by atoms with Gasteiger partial charge in [0.2, 0.25) is 0 Å². The lowest BCUT2D eigenvalue weighted by molar-refractivity contribution is -0.136. The summed E-state index contributed by atoms with van der Waals surface area (Å²) in [5.41, 5.74) is 4.09. The molecule has 0 spiro atoms. The van der Waals surface area contributed by atoms with Crippen molar-refractivity contribution in [3.05, 3.63) is 82.9 Å². The van der Waals surface area contributed by atoms with E-state index in [0.29, 0.717) is 18.1 Å². The Bertz CT molecular complexity index is 1020. The Balaban J connectivity index is 1.56. The molecule has 0 aromatic heterocycles. The zero-order chi connectivity index (χ0) is 22.2. The van der Waals surface area contributed by atoms with Gasteiger partial charge in [0.05, 0.1) is 12.7 Å². The molecule has 3 rings (SSSR count). The summed E-state index contributed by atoms with van der Waals surface area (Å²) >= 11 is 6.21. The van der Waals surface area contributed by atoms with E-state index >= 15 is 0 Å². The summed E-state index contributed by atoms with van der Waals surface area (Å²) < 4.78 is 12.1. The number of carboxylic acids is 1. The Morgan fingerprint density at radius 2 is 1.84 bits per heavy atom. The van der Waals surface area contributed by atoms with Gasteiger partial charge in [0.25, 0.3) is 0 Å². The summed E-state index contributed by atoms with van der Waals surface area (Å²) in [6, 6.07) is 21.5. The molecular formula is C26H27ClO4. The molecule has 0 unspecified atom stereocenters. The monoisotopic (exact) mass is 438 g/mol. The fourth-order valence-corrected chi connectivity index (χ4v) is 3.52. The summed E-state index contributed by atoms with van der Waals surface area (Å²) in [5.74, 6) is 0.784. The third kappa shape index (κ3) is 6.76. The van der Waals surface area contributed by atoms with E-state index in [1.165, 1.54) is 0 Å². The second-order valence-corrected chi connectivity index (χ2v) is 7.99. The van der Waals surface area contributed by atoms with Crippen LogP contribution in [0.1, 0.15) is 30.9 Å². The number of rotatable bonds is 10. The summed E-state index contributed by atoms with van der Waals surface area (Å²) in [7, 11) is 0. The zero-order valence-electron chi connectivity index (χ0n) is 17.8. The molecule has 0 heterocycles. The van der Waals surface area contributed by atoms with E-state index in [0.717, 1.165) is 40.2 Å². The molecule has 31 heavy (non-hydrogen) atoms. The molecule has 0 radical (unpaired) electrons. The number of ether oxygens (including phenoxy) is 2. The van der Waals surface area contributed by atoms with Crippen molar-refractivity contribution in [1.29, 1.82) is 0 Å². The number of carboxylic acid groups (broad SMARTS) is 1. The Kier molecular flexibility index (Phi) is 7.96. The number of carbonyl (C=O) groups is 1. The summed E-state index contributed by atoms with van der Waals surface area (Å²) in [4.78, 5) is 10.8.